The topological polar surface area (TPSA) is 29.3 Å². The molecule has 0 unspecified atom stereocenters. The molecular weight excluding hydrogens is 633 g/mol. The van der Waals surface area contributed by atoms with Gasteiger partial charge in [-0.15, -0.1) is 0 Å². The molecule has 1 heterocycles. The Kier molecular flexibility index (Phi) is 7.14. The second-order valence-electron chi connectivity index (χ2n) is 13.2. The minimum atomic E-state index is 0.634. The fourth-order valence-corrected chi connectivity index (χ4v) is 7.49. The lowest BCUT2D eigenvalue weighted by Crippen LogP contribution is -2.09. The van der Waals surface area contributed by atoms with Crippen molar-refractivity contribution in [1.29, 1.82) is 0 Å². The first-order chi connectivity index (χ1) is 25.8. The number of rotatable bonds is 6. The highest BCUT2D eigenvalue weighted by Crippen LogP contribution is 2.40. The summed E-state index contributed by atoms with van der Waals surface area (Å²) in [6.45, 7) is 0. The van der Waals surface area contributed by atoms with Crippen molar-refractivity contribution in [3.8, 4) is 33.7 Å². The standard InChI is InChI=1S/C49H32N2O/c1-2-13-39(14-3-1)51(40-25-20-34(21-26-40)38-19-18-33-10-4-5-12-37(33)32-38)41-27-22-36(23-28-41)42-29-30-46(45-17-9-8-16-44(42)45)49-50-47-31-24-35-11-6-7-15-43(35)48(47)52-49/h1-32H. The molecule has 10 aromatic rings. The van der Waals surface area contributed by atoms with Crippen LogP contribution in [0.3, 0.4) is 0 Å². The Bertz CT molecular complexity index is 2890. The van der Waals surface area contributed by atoms with Gasteiger partial charge in [0, 0.05) is 28.0 Å². The fourth-order valence-electron chi connectivity index (χ4n) is 7.49. The summed E-state index contributed by atoms with van der Waals surface area (Å²) in [4.78, 5) is 7.25. The van der Waals surface area contributed by atoms with Crippen LogP contribution in [0.25, 0.3) is 77.1 Å². The van der Waals surface area contributed by atoms with E-state index in [2.05, 4.69) is 181 Å². The third kappa shape index (κ3) is 5.19. The molecule has 9 aromatic carbocycles. The van der Waals surface area contributed by atoms with E-state index in [0.29, 0.717) is 5.89 Å². The first kappa shape index (κ1) is 29.9. The molecule has 0 bridgehead atoms. The molecule has 0 saturated carbocycles. The largest absolute Gasteiger partial charge is 0.435 e. The number of anilines is 3. The molecule has 1 aromatic heterocycles. The van der Waals surface area contributed by atoms with Crippen molar-refractivity contribution in [2.45, 2.75) is 0 Å². The van der Waals surface area contributed by atoms with Crippen molar-refractivity contribution < 1.29 is 4.42 Å². The number of nitrogens with zero attached hydrogens (tertiary/aromatic N) is 2. The Morgan fingerprint density at radius 2 is 0.904 bits per heavy atom. The maximum Gasteiger partial charge on any atom is 0.227 e. The Morgan fingerprint density at radius 1 is 0.365 bits per heavy atom. The molecular formula is C49H32N2O. The molecule has 3 heteroatoms. The van der Waals surface area contributed by atoms with Gasteiger partial charge in [-0.25, -0.2) is 4.98 Å². The summed E-state index contributed by atoms with van der Waals surface area (Å²) < 4.78 is 6.48. The molecule has 0 aliphatic rings. The molecule has 0 amide bonds. The van der Waals surface area contributed by atoms with E-state index < -0.39 is 0 Å². The van der Waals surface area contributed by atoms with Gasteiger partial charge in [-0.2, -0.15) is 0 Å². The van der Waals surface area contributed by atoms with Crippen LogP contribution in [0.5, 0.6) is 0 Å². The third-order valence-corrected chi connectivity index (χ3v) is 10.1. The highest BCUT2D eigenvalue weighted by Gasteiger charge is 2.17. The summed E-state index contributed by atoms with van der Waals surface area (Å²) in [6.07, 6.45) is 0. The van der Waals surface area contributed by atoms with Crippen molar-refractivity contribution in [2.24, 2.45) is 0 Å². The van der Waals surface area contributed by atoms with Crippen molar-refractivity contribution in [1.82, 2.24) is 4.98 Å². The Morgan fingerprint density at radius 3 is 1.65 bits per heavy atom. The summed E-state index contributed by atoms with van der Waals surface area (Å²) in [5.74, 6) is 0.634. The number of oxazole rings is 1. The normalized spacial score (nSPS) is 11.5. The maximum atomic E-state index is 6.48. The monoisotopic (exact) mass is 664 g/mol. The highest BCUT2D eigenvalue weighted by molar-refractivity contribution is 6.07. The van der Waals surface area contributed by atoms with Crippen LogP contribution in [0, 0.1) is 0 Å². The molecule has 10 rings (SSSR count). The van der Waals surface area contributed by atoms with Crippen LogP contribution in [0.4, 0.5) is 17.1 Å². The van der Waals surface area contributed by atoms with E-state index in [9.17, 15) is 0 Å². The van der Waals surface area contributed by atoms with Crippen LogP contribution in [0.1, 0.15) is 0 Å². The van der Waals surface area contributed by atoms with E-state index in [1.807, 2.05) is 18.2 Å². The van der Waals surface area contributed by atoms with Gasteiger partial charge in [0.05, 0.1) is 0 Å². The summed E-state index contributed by atoms with van der Waals surface area (Å²) in [7, 11) is 0. The van der Waals surface area contributed by atoms with Crippen LogP contribution in [0.15, 0.2) is 199 Å². The van der Waals surface area contributed by atoms with E-state index >= 15 is 0 Å². The lowest BCUT2D eigenvalue weighted by molar-refractivity contribution is 0.624. The van der Waals surface area contributed by atoms with Crippen LogP contribution in [-0.4, -0.2) is 4.98 Å². The van der Waals surface area contributed by atoms with Crippen molar-refractivity contribution in [3.63, 3.8) is 0 Å². The van der Waals surface area contributed by atoms with Crippen molar-refractivity contribution in [2.75, 3.05) is 4.90 Å². The van der Waals surface area contributed by atoms with E-state index in [4.69, 9.17) is 9.40 Å². The third-order valence-electron chi connectivity index (χ3n) is 10.1. The van der Waals surface area contributed by atoms with E-state index in [0.717, 1.165) is 60.8 Å². The fraction of sp³-hybridized carbons (Fsp3) is 0. The molecule has 0 saturated heterocycles. The van der Waals surface area contributed by atoms with Crippen LogP contribution in [0.2, 0.25) is 0 Å². The smallest absolute Gasteiger partial charge is 0.227 e. The van der Waals surface area contributed by atoms with Gasteiger partial charge < -0.3 is 9.32 Å². The molecule has 0 N–H and O–H groups in total. The molecule has 0 spiro atoms. The van der Waals surface area contributed by atoms with Crippen LogP contribution >= 0.6 is 0 Å². The molecule has 0 atom stereocenters. The van der Waals surface area contributed by atoms with Gasteiger partial charge in [0.15, 0.2) is 5.58 Å². The average Bonchev–Trinajstić information content (AvgIpc) is 3.66. The highest BCUT2D eigenvalue weighted by atomic mass is 16.3. The number of benzene rings is 9. The van der Waals surface area contributed by atoms with Crippen molar-refractivity contribution in [3.05, 3.63) is 194 Å². The molecule has 0 fully saturated rings. The summed E-state index contributed by atoms with van der Waals surface area (Å²) >= 11 is 0. The van der Waals surface area contributed by atoms with E-state index in [1.54, 1.807) is 0 Å². The number of fused-ring (bicyclic) bond motifs is 5. The molecule has 3 nitrogen and oxygen atoms in total. The van der Waals surface area contributed by atoms with Crippen molar-refractivity contribution >= 4 is 60.5 Å². The van der Waals surface area contributed by atoms with E-state index in [1.165, 1.54) is 27.5 Å². The minimum Gasteiger partial charge on any atom is -0.435 e. The summed E-state index contributed by atoms with van der Waals surface area (Å²) in [6, 6.07) is 68.8. The first-order valence-corrected chi connectivity index (χ1v) is 17.6. The predicted molar refractivity (Wildman–Crippen MR) is 218 cm³/mol. The van der Waals surface area contributed by atoms with Gasteiger partial charge in [0.1, 0.15) is 5.52 Å². The predicted octanol–water partition coefficient (Wildman–Crippen LogP) is 13.8. The van der Waals surface area contributed by atoms with E-state index in [-0.39, 0.29) is 0 Å². The minimum absolute atomic E-state index is 0.634. The number of hydrogen-bond acceptors (Lipinski definition) is 3. The SMILES string of the molecule is c1ccc(N(c2ccc(-c3ccc4ccccc4c3)cc2)c2ccc(-c3ccc(-c4nc5ccc6ccccc6c5o4)c4ccccc34)cc2)cc1. The molecule has 0 aliphatic heterocycles. The lowest BCUT2D eigenvalue weighted by Gasteiger charge is -2.26. The second-order valence-corrected chi connectivity index (χ2v) is 13.2. The number of hydrogen-bond donors (Lipinski definition) is 0. The quantitative estimate of drug-likeness (QED) is 0.177. The molecule has 52 heavy (non-hydrogen) atoms. The van der Waals surface area contributed by atoms with Crippen LogP contribution in [-0.2, 0) is 0 Å². The number of aromatic nitrogens is 1. The zero-order valence-electron chi connectivity index (χ0n) is 28.3. The molecule has 0 aliphatic carbocycles. The summed E-state index contributed by atoms with van der Waals surface area (Å²) in [5.41, 5.74) is 10.7. The first-order valence-electron chi connectivity index (χ1n) is 17.6. The average molecular weight is 665 g/mol. The van der Waals surface area contributed by atoms with Gasteiger partial charge in [0.2, 0.25) is 5.89 Å². The maximum absolute atomic E-state index is 6.48. The zero-order valence-corrected chi connectivity index (χ0v) is 28.3. The van der Waals surface area contributed by atoms with Crippen LogP contribution < -0.4 is 4.90 Å². The molecule has 0 radical (unpaired) electrons. The zero-order chi connectivity index (χ0) is 34.4. The Labute approximate surface area is 301 Å². The molecule has 244 valence electrons. The Balaban J connectivity index is 1.01. The lowest BCUT2D eigenvalue weighted by atomic mass is 9.94. The van der Waals surface area contributed by atoms with Gasteiger partial charge in [0.25, 0.3) is 0 Å². The summed E-state index contributed by atoms with van der Waals surface area (Å²) in [5, 5.41) is 6.98. The van der Waals surface area contributed by atoms with Gasteiger partial charge in [-0.3, -0.25) is 0 Å². The number of para-hydroxylation sites is 1. The van der Waals surface area contributed by atoms with Gasteiger partial charge in [-0.05, 0) is 104 Å². The van der Waals surface area contributed by atoms with Gasteiger partial charge in [-0.1, -0.05) is 140 Å². The Hall–Kier alpha value is -6.97. The second kappa shape index (κ2) is 12.4. The van der Waals surface area contributed by atoms with Gasteiger partial charge >= 0.3 is 0 Å².